The lowest BCUT2D eigenvalue weighted by molar-refractivity contribution is 0.545. The number of halogens is 1. The number of hydrogen-bond acceptors (Lipinski definition) is 5. The van der Waals surface area contributed by atoms with Crippen molar-refractivity contribution in [3.63, 3.8) is 0 Å². The van der Waals surface area contributed by atoms with Crippen LogP contribution in [0.1, 0.15) is 19.8 Å². The van der Waals surface area contributed by atoms with Crippen molar-refractivity contribution in [3.8, 4) is 0 Å². The molecule has 21 heavy (non-hydrogen) atoms. The van der Waals surface area contributed by atoms with Gasteiger partial charge in [0.2, 0.25) is 10.0 Å². The third-order valence-corrected chi connectivity index (χ3v) is 6.34. The first kappa shape index (κ1) is 17.1. The maximum Gasteiger partial charge on any atom is 0.244 e. The fraction of sp³-hybridized carbons (Fsp3) is 0.615. The number of pyridine rings is 1. The largest absolute Gasteiger partial charge is 0.369 e. The minimum atomic E-state index is -3.55. The van der Waals surface area contributed by atoms with Gasteiger partial charge in [-0.1, -0.05) is 6.92 Å². The van der Waals surface area contributed by atoms with Crippen LogP contribution in [0.25, 0.3) is 0 Å². The van der Waals surface area contributed by atoms with Gasteiger partial charge in [-0.05, 0) is 52.3 Å². The summed E-state index contributed by atoms with van der Waals surface area (Å²) in [7, 11) is -3.55. The standard InChI is InChI=1S/C13H20BrN3O2S2/c1-2-4-15-13-12(6-11(14)8-16-13)21(18,19)17-7-10-3-5-20-9-10/h6,8,10,17H,2-5,7,9H2,1H3,(H,15,16). The Bertz CT molecular complexity index is 575. The van der Waals surface area contributed by atoms with E-state index in [0.29, 0.717) is 29.3 Å². The van der Waals surface area contributed by atoms with E-state index < -0.39 is 10.0 Å². The average Bonchev–Trinajstić information content (AvgIpc) is 2.97. The molecule has 0 bridgehead atoms. The van der Waals surface area contributed by atoms with E-state index >= 15 is 0 Å². The molecule has 118 valence electrons. The highest BCUT2D eigenvalue weighted by Crippen LogP contribution is 2.25. The quantitative estimate of drug-likeness (QED) is 0.744. The number of aromatic nitrogens is 1. The van der Waals surface area contributed by atoms with E-state index in [2.05, 4.69) is 31.0 Å². The third kappa shape index (κ3) is 4.84. The Morgan fingerprint density at radius 1 is 1.52 bits per heavy atom. The first-order valence-corrected chi connectivity index (χ1v) is 10.4. The van der Waals surface area contributed by atoms with Crippen LogP contribution in [0.4, 0.5) is 5.82 Å². The molecule has 1 atom stereocenters. The van der Waals surface area contributed by atoms with Gasteiger partial charge >= 0.3 is 0 Å². The summed E-state index contributed by atoms with van der Waals surface area (Å²) < 4.78 is 28.4. The molecule has 1 aromatic heterocycles. The summed E-state index contributed by atoms with van der Waals surface area (Å²) in [5.41, 5.74) is 0. The number of sulfonamides is 1. The van der Waals surface area contributed by atoms with Crippen molar-refractivity contribution in [2.75, 3.05) is 29.9 Å². The predicted molar refractivity (Wildman–Crippen MR) is 91.3 cm³/mol. The van der Waals surface area contributed by atoms with E-state index in [1.807, 2.05) is 18.7 Å². The smallest absolute Gasteiger partial charge is 0.244 e. The Kier molecular flexibility index (Phi) is 6.34. The van der Waals surface area contributed by atoms with Crippen LogP contribution in [0.3, 0.4) is 0 Å². The van der Waals surface area contributed by atoms with Crippen LogP contribution in [-0.2, 0) is 10.0 Å². The summed E-state index contributed by atoms with van der Waals surface area (Å²) in [4.78, 5) is 4.39. The lowest BCUT2D eigenvalue weighted by Crippen LogP contribution is -2.30. The van der Waals surface area contributed by atoms with Gasteiger partial charge in [-0.3, -0.25) is 0 Å². The molecule has 0 aromatic carbocycles. The second-order valence-electron chi connectivity index (χ2n) is 5.01. The molecule has 0 spiro atoms. The molecule has 0 aliphatic carbocycles. The highest BCUT2D eigenvalue weighted by Gasteiger charge is 2.23. The molecule has 0 saturated carbocycles. The summed E-state index contributed by atoms with van der Waals surface area (Å²) in [5.74, 6) is 2.99. The molecule has 0 amide bonds. The molecule has 1 aliphatic heterocycles. The molecule has 1 saturated heterocycles. The second kappa shape index (κ2) is 7.80. The highest BCUT2D eigenvalue weighted by atomic mass is 79.9. The van der Waals surface area contributed by atoms with Crippen molar-refractivity contribution in [2.24, 2.45) is 5.92 Å². The van der Waals surface area contributed by atoms with E-state index in [9.17, 15) is 8.42 Å². The van der Waals surface area contributed by atoms with Gasteiger partial charge in [0.1, 0.15) is 10.7 Å². The molecule has 2 N–H and O–H groups in total. The fourth-order valence-electron chi connectivity index (χ4n) is 2.05. The predicted octanol–water partition coefficient (Wildman–Crippen LogP) is 2.70. The van der Waals surface area contributed by atoms with Crippen LogP contribution in [0, 0.1) is 5.92 Å². The van der Waals surface area contributed by atoms with Crippen LogP contribution in [0.5, 0.6) is 0 Å². The topological polar surface area (TPSA) is 71.1 Å². The van der Waals surface area contributed by atoms with E-state index in [4.69, 9.17) is 0 Å². The zero-order chi connectivity index (χ0) is 15.3. The van der Waals surface area contributed by atoms with Crippen molar-refractivity contribution in [3.05, 3.63) is 16.7 Å². The minimum absolute atomic E-state index is 0.205. The monoisotopic (exact) mass is 393 g/mol. The van der Waals surface area contributed by atoms with Crippen LogP contribution in [-0.4, -0.2) is 38.0 Å². The van der Waals surface area contributed by atoms with E-state index in [1.165, 1.54) is 0 Å². The maximum absolute atomic E-state index is 12.5. The number of nitrogens with one attached hydrogen (secondary N) is 2. The molecule has 1 unspecified atom stereocenters. The van der Waals surface area contributed by atoms with Gasteiger partial charge in [0.15, 0.2) is 0 Å². The SMILES string of the molecule is CCCNc1ncc(Br)cc1S(=O)(=O)NCC1CCSC1. The Labute approximate surface area is 138 Å². The van der Waals surface area contributed by atoms with E-state index in [1.54, 1.807) is 12.3 Å². The number of nitrogens with zero attached hydrogens (tertiary/aromatic N) is 1. The van der Waals surface area contributed by atoms with Crippen molar-refractivity contribution in [2.45, 2.75) is 24.7 Å². The van der Waals surface area contributed by atoms with Gasteiger partial charge < -0.3 is 5.32 Å². The fourth-order valence-corrected chi connectivity index (χ4v) is 5.09. The number of rotatable bonds is 7. The lowest BCUT2D eigenvalue weighted by Gasteiger charge is -2.14. The van der Waals surface area contributed by atoms with Gasteiger partial charge in [-0.15, -0.1) is 0 Å². The summed E-state index contributed by atoms with van der Waals surface area (Å²) in [6.45, 7) is 3.21. The first-order valence-electron chi connectivity index (χ1n) is 6.99. The lowest BCUT2D eigenvalue weighted by atomic mass is 10.1. The summed E-state index contributed by atoms with van der Waals surface area (Å²) in [6.07, 6.45) is 3.58. The van der Waals surface area contributed by atoms with Crippen molar-refractivity contribution in [1.82, 2.24) is 9.71 Å². The number of thioether (sulfide) groups is 1. The summed E-state index contributed by atoms with van der Waals surface area (Å²) >= 11 is 5.17. The molecule has 2 rings (SSSR count). The molecule has 8 heteroatoms. The Morgan fingerprint density at radius 2 is 2.33 bits per heavy atom. The maximum atomic E-state index is 12.5. The molecular weight excluding hydrogens is 374 g/mol. The molecule has 5 nitrogen and oxygen atoms in total. The van der Waals surface area contributed by atoms with E-state index in [0.717, 1.165) is 24.3 Å². The zero-order valence-electron chi connectivity index (χ0n) is 11.9. The Hall–Kier alpha value is -0.310. The van der Waals surface area contributed by atoms with Crippen LogP contribution in [0.15, 0.2) is 21.6 Å². The van der Waals surface area contributed by atoms with Gasteiger partial charge in [-0.25, -0.2) is 18.1 Å². The number of anilines is 1. The molecule has 2 heterocycles. The van der Waals surface area contributed by atoms with Crippen LogP contribution < -0.4 is 10.0 Å². The van der Waals surface area contributed by atoms with Gasteiger partial charge in [0.25, 0.3) is 0 Å². The molecule has 1 fully saturated rings. The average molecular weight is 394 g/mol. The summed E-state index contributed by atoms with van der Waals surface area (Å²) in [6, 6.07) is 1.59. The zero-order valence-corrected chi connectivity index (χ0v) is 15.2. The van der Waals surface area contributed by atoms with Gasteiger partial charge in [0, 0.05) is 23.8 Å². The minimum Gasteiger partial charge on any atom is -0.369 e. The normalized spacial score (nSPS) is 18.9. The Balaban J connectivity index is 2.14. The second-order valence-corrected chi connectivity index (χ2v) is 8.81. The first-order chi connectivity index (χ1) is 10.0. The van der Waals surface area contributed by atoms with Gasteiger partial charge in [-0.2, -0.15) is 11.8 Å². The Morgan fingerprint density at radius 3 is 3.00 bits per heavy atom. The molecular formula is C13H20BrN3O2S2. The molecule has 1 aliphatic rings. The van der Waals surface area contributed by atoms with Crippen LogP contribution in [0.2, 0.25) is 0 Å². The van der Waals surface area contributed by atoms with Crippen molar-refractivity contribution < 1.29 is 8.42 Å². The highest BCUT2D eigenvalue weighted by molar-refractivity contribution is 9.10. The van der Waals surface area contributed by atoms with Crippen molar-refractivity contribution >= 4 is 43.5 Å². The van der Waals surface area contributed by atoms with Crippen molar-refractivity contribution in [1.29, 1.82) is 0 Å². The van der Waals surface area contributed by atoms with Gasteiger partial charge in [0.05, 0.1) is 0 Å². The third-order valence-electron chi connectivity index (χ3n) is 3.24. The van der Waals surface area contributed by atoms with E-state index in [-0.39, 0.29) is 4.90 Å². The molecule has 1 aromatic rings. The number of hydrogen-bond donors (Lipinski definition) is 2. The molecule has 0 radical (unpaired) electrons. The summed E-state index contributed by atoms with van der Waals surface area (Å²) in [5, 5.41) is 3.07. The van der Waals surface area contributed by atoms with Crippen LogP contribution >= 0.6 is 27.7 Å².